The number of carbonyl (C=O) groups is 2. The standard InChI is InChI=1S/C27H21NO6/c1-32-23(29)17-33-21-14-8-9-18(15-21)16-22(27(30)31)26-28-24(19-10-4-2-5-11-19)25(34-26)20-12-6-3-7-13-20/h2-16H,17H2,1H3,(H,30,31). The van der Waals surface area contributed by atoms with Crippen LogP contribution in [0.15, 0.2) is 89.3 Å². The Balaban J connectivity index is 1.76. The van der Waals surface area contributed by atoms with Gasteiger partial charge >= 0.3 is 11.9 Å². The molecular formula is C27H21NO6. The van der Waals surface area contributed by atoms with Crippen LogP contribution >= 0.6 is 0 Å². The van der Waals surface area contributed by atoms with Gasteiger partial charge in [-0.3, -0.25) is 0 Å². The summed E-state index contributed by atoms with van der Waals surface area (Å²) in [6.45, 7) is -0.254. The van der Waals surface area contributed by atoms with Crippen LogP contribution in [-0.4, -0.2) is 35.7 Å². The molecule has 0 amide bonds. The van der Waals surface area contributed by atoms with Crippen LogP contribution < -0.4 is 4.74 Å². The minimum atomic E-state index is -1.19. The quantitative estimate of drug-likeness (QED) is 0.288. The Labute approximate surface area is 195 Å². The number of hydrogen-bond acceptors (Lipinski definition) is 6. The molecule has 0 unspecified atom stereocenters. The van der Waals surface area contributed by atoms with E-state index in [2.05, 4.69) is 9.72 Å². The molecule has 7 nitrogen and oxygen atoms in total. The zero-order valence-corrected chi connectivity index (χ0v) is 18.3. The van der Waals surface area contributed by atoms with Crippen molar-refractivity contribution in [3.63, 3.8) is 0 Å². The largest absolute Gasteiger partial charge is 0.482 e. The lowest BCUT2D eigenvalue weighted by atomic mass is 10.1. The van der Waals surface area contributed by atoms with Gasteiger partial charge in [-0.05, 0) is 23.8 Å². The molecule has 0 aliphatic rings. The van der Waals surface area contributed by atoms with Gasteiger partial charge < -0.3 is 19.0 Å². The number of oxazole rings is 1. The number of aromatic nitrogens is 1. The summed E-state index contributed by atoms with van der Waals surface area (Å²) in [5.41, 5.74) is 2.55. The van der Waals surface area contributed by atoms with Crippen molar-refractivity contribution in [3.05, 3.63) is 96.4 Å². The van der Waals surface area contributed by atoms with Crippen LogP contribution in [0.3, 0.4) is 0 Å². The van der Waals surface area contributed by atoms with E-state index >= 15 is 0 Å². The van der Waals surface area contributed by atoms with Crippen molar-refractivity contribution in [3.8, 4) is 28.3 Å². The van der Waals surface area contributed by atoms with Gasteiger partial charge in [-0.1, -0.05) is 72.8 Å². The molecule has 0 spiro atoms. The number of methoxy groups -OCH3 is 1. The summed E-state index contributed by atoms with van der Waals surface area (Å²) in [5, 5.41) is 9.95. The smallest absolute Gasteiger partial charge is 0.343 e. The third-order valence-electron chi connectivity index (χ3n) is 4.92. The molecule has 34 heavy (non-hydrogen) atoms. The highest BCUT2D eigenvalue weighted by Crippen LogP contribution is 2.35. The lowest BCUT2D eigenvalue weighted by molar-refractivity contribution is -0.143. The van der Waals surface area contributed by atoms with Crippen LogP contribution in [0.5, 0.6) is 5.75 Å². The van der Waals surface area contributed by atoms with Gasteiger partial charge in [-0.25, -0.2) is 14.6 Å². The van der Waals surface area contributed by atoms with Crippen LogP contribution in [0.2, 0.25) is 0 Å². The average molecular weight is 455 g/mol. The molecular weight excluding hydrogens is 434 g/mol. The number of esters is 1. The first-order valence-electron chi connectivity index (χ1n) is 10.4. The van der Waals surface area contributed by atoms with E-state index in [1.54, 1.807) is 24.3 Å². The molecule has 0 saturated heterocycles. The van der Waals surface area contributed by atoms with Crippen molar-refractivity contribution in [1.82, 2.24) is 4.98 Å². The number of hydrogen-bond donors (Lipinski definition) is 1. The van der Waals surface area contributed by atoms with Crippen LogP contribution in [-0.2, 0) is 14.3 Å². The van der Waals surface area contributed by atoms with E-state index in [0.29, 0.717) is 22.8 Å². The Morgan fingerprint density at radius 3 is 2.26 bits per heavy atom. The number of carboxylic acid groups (broad SMARTS) is 1. The van der Waals surface area contributed by atoms with Gasteiger partial charge in [0.15, 0.2) is 12.4 Å². The summed E-state index contributed by atoms with van der Waals surface area (Å²) in [6.07, 6.45) is 1.45. The Morgan fingerprint density at radius 2 is 1.62 bits per heavy atom. The van der Waals surface area contributed by atoms with Gasteiger partial charge in [0.25, 0.3) is 0 Å². The highest BCUT2D eigenvalue weighted by atomic mass is 16.6. The lowest BCUT2D eigenvalue weighted by Crippen LogP contribution is -2.12. The first-order chi connectivity index (χ1) is 16.5. The van der Waals surface area contributed by atoms with Crippen LogP contribution in [0, 0.1) is 0 Å². The third kappa shape index (κ3) is 5.21. The van der Waals surface area contributed by atoms with E-state index < -0.39 is 11.9 Å². The van der Waals surface area contributed by atoms with E-state index in [9.17, 15) is 14.7 Å². The number of rotatable bonds is 8. The maximum Gasteiger partial charge on any atom is 0.343 e. The number of nitrogens with zero attached hydrogens (tertiary/aromatic N) is 1. The number of carbonyl (C=O) groups excluding carboxylic acids is 1. The SMILES string of the molecule is COC(=O)COc1cccc(C=C(C(=O)O)c2nc(-c3ccccc3)c(-c3ccccc3)o2)c1. The van der Waals surface area contributed by atoms with Crippen molar-refractivity contribution in [2.45, 2.75) is 0 Å². The monoisotopic (exact) mass is 455 g/mol. The van der Waals surface area contributed by atoms with Gasteiger partial charge in [-0.15, -0.1) is 0 Å². The molecule has 0 saturated carbocycles. The predicted molar refractivity (Wildman–Crippen MR) is 127 cm³/mol. The Kier molecular flexibility index (Phi) is 6.84. The Hall–Kier alpha value is -4.65. The average Bonchev–Trinajstić information content (AvgIpc) is 3.32. The minimum Gasteiger partial charge on any atom is -0.482 e. The van der Waals surface area contributed by atoms with Crippen molar-refractivity contribution in [2.75, 3.05) is 13.7 Å². The van der Waals surface area contributed by atoms with Gasteiger partial charge in [-0.2, -0.15) is 0 Å². The normalized spacial score (nSPS) is 11.1. The Bertz CT molecular complexity index is 1270. The van der Waals surface area contributed by atoms with E-state index in [1.165, 1.54) is 13.2 Å². The molecule has 1 heterocycles. The highest BCUT2D eigenvalue weighted by molar-refractivity contribution is 6.19. The molecule has 7 heteroatoms. The van der Waals surface area contributed by atoms with Crippen molar-refractivity contribution in [1.29, 1.82) is 0 Å². The fourth-order valence-electron chi connectivity index (χ4n) is 3.29. The molecule has 0 atom stereocenters. The van der Waals surface area contributed by atoms with Gasteiger partial charge in [0.2, 0.25) is 5.89 Å². The summed E-state index contributed by atoms with van der Waals surface area (Å²) in [7, 11) is 1.27. The number of benzene rings is 3. The third-order valence-corrected chi connectivity index (χ3v) is 4.92. The molecule has 1 aromatic heterocycles. The predicted octanol–water partition coefficient (Wildman–Crippen LogP) is 5.19. The molecule has 170 valence electrons. The lowest BCUT2D eigenvalue weighted by Gasteiger charge is -2.05. The van der Waals surface area contributed by atoms with Crippen LogP contribution in [0.1, 0.15) is 11.5 Å². The van der Waals surface area contributed by atoms with Gasteiger partial charge in [0, 0.05) is 11.1 Å². The maximum atomic E-state index is 12.2. The summed E-state index contributed by atoms with van der Waals surface area (Å²) in [4.78, 5) is 28.1. The molecule has 0 radical (unpaired) electrons. The molecule has 0 aliphatic heterocycles. The fraction of sp³-hybridized carbons (Fsp3) is 0.0741. The molecule has 3 aromatic carbocycles. The van der Waals surface area contributed by atoms with Gasteiger partial charge in [0.05, 0.1) is 7.11 Å². The van der Waals surface area contributed by atoms with Crippen molar-refractivity contribution in [2.24, 2.45) is 0 Å². The van der Waals surface area contributed by atoms with E-state index in [0.717, 1.165) is 11.1 Å². The second-order valence-electron chi connectivity index (χ2n) is 7.23. The minimum absolute atomic E-state index is 0.0221. The number of ether oxygens (including phenoxy) is 2. The van der Waals surface area contributed by atoms with E-state index in [1.807, 2.05) is 60.7 Å². The second-order valence-corrected chi connectivity index (χ2v) is 7.23. The summed E-state index contributed by atoms with van der Waals surface area (Å²) in [5.74, 6) is -0.864. The first-order valence-corrected chi connectivity index (χ1v) is 10.4. The van der Waals surface area contributed by atoms with Crippen molar-refractivity contribution >= 4 is 23.6 Å². The second kappa shape index (κ2) is 10.3. The van der Waals surface area contributed by atoms with Crippen LogP contribution in [0.25, 0.3) is 34.2 Å². The maximum absolute atomic E-state index is 12.2. The van der Waals surface area contributed by atoms with Gasteiger partial charge in [0.1, 0.15) is 17.0 Å². The molecule has 1 N–H and O–H groups in total. The molecule has 0 aliphatic carbocycles. The topological polar surface area (TPSA) is 98.9 Å². The first kappa shape index (κ1) is 22.5. The molecule has 4 aromatic rings. The Morgan fingerprint density at radius 1 is 0.941 bits per heavy atom. The van der Waals surface area contributed by atoms with E-state index in [4.69, 9.17) is 9.15 Å². The number of aliphatic carboxylic acids is 1. The molecule has 0 bridgehead atoms. The fourth-order valence-corrected chi connectivity index (χ4v) is 3.29. The zero-order chi connectivity index (χ0) is 23.9. The summed E-state index contributed by atoms with van der Waals surface area (Å²) >= 11 is 0. The van der Waals surface area contributed by atoms with Crippen LogP contribution in [0.4, 0.5) is 0 Å². The van der Waals surface area contributed by atoms with E-state index in [-0.39, 0.29) is 18.1 Å². The molecule has 0 fully saturated rings. The summed E-state index contributed by atoms with van der Waals surface area (Å²) < 4.78 is 16.0. The summed E-state index contributed by atoms with van der Waals surface area (Å²) in [6, 6.07) is 25.5. The highest BCUT2D eigenvalue weighted by Gasteiger charge is 2.23. The number of carboxylic acids is 1. The molecule has 4 rings (SSSR count). The van der Waals surface area contributed by atoms with Crippen molar-refractivity contribution < 1.29 is 28.6 Å². The zero-order valence-electron chi connectivity index (χ0n) is 18.3.